The molecule has 0 bridgehead atoms. The van der Waals surface area contributed by atoms with E-state index >= 15 is 0 Å². The van der Waals surface area contributed by atoms with Crippen molar-refractivity contribution in [3.05, 3.63) is 58.7 Å². The van der Waals surface area contributed by atoms with Crippen LogP contribution in [0.5, 0.6) is 5.75 Å². The molecule has 0 saturated heterocycles. The molecule has 0 aliphatic rings. The van der Waals surface area contributed by atoms with Gasteiger partial charge in [0.25, 0.3) is 5.91 Å². The van der Waals surface area contributed by atoms with Crippen molar-refractivity contribution in [2.24, 2.45) is 0 Å². The highest BCUT2D eigenvalue weighted by Crippen LogP contribution is 2.26. The molecule has 1 aromatic carbocycles. The Labute approximate surface area is 141 Å². The van der Waals surface area contributed by atoms with Gasteiger partial charge in [-0.25, -0.2) is 4.98 Å². The number of ether oxygens (including phenoxy) is 1. The topological polar surface area (TPSA) is 64.1 Å². The van der Waals surface area contributed by atoms with Gasteiger partial charge in [0.1, 0.15) is 11.4 Å². The summed E-state index contributed by atoms with van der Waals surface area (Å²) < 4.78 is 5.13. The maximum absolute atomic E-state index is 12.1. The molecule has 1 amide bonds. The third-order valence-corrected chi connectivity index (χ3v) is 4.06. The summed E-state index contributed by atoms with van der Waals surface area (Å²) in [5.74, 6) is 0.438. The van der Waals surface area contributed by atoms with Gasteiger partial charge in [-0.2, -0.15) is 0 Å². The molecule has 0 aliphatic heterocycles. The van der Waals surface area contributed by atoms with Crippen LogP contribution in [0.4, 0.5) is 5.13 Å². The number of rotatable bonds is 4. The number of nitrogens with one attached hydrogen (secondary N) is 1. The lowest BCUT2D eigenvalue weighted by molar-refractivity contribution is 0.102. The largest absolute Gasteiger partial charge is 0.497 e. The molecule has 0 atom stereocenters. The van der Waals surface area contributed by atoms with Crippen molar-refractivity contribution in [1.82, 2.24) is 9.97 Å². The molecule has 7 heteroatoms. The molecule has 116 valence electrons. The maximum atomic E-state index is 12.1. The van der Waals surface area contributed by atoms with Crippen LogP contribution in [0.2, 0.25) is 5.02 Å². The average molecular weight is 346 g/mol. The quantitative estimate of drug-likeness (QED) is 0.772. The lowest BCUT2D eigenvalue weighted by atomic mass is 10.2. The summed E-state index contributed by atoms with van der Waals surface area (Å²) in [5.41, 5.74) is 1.98. The number of halogens is 1. The first-order chi connectivity index (χ1) is 11.2. The molecule has 0 radical (unpaired) electrons. The summed E-state index contributed by atoms with van der Waals surface area (Å²) in [6.45, 7) is 0. The number of carbonyl (C=O) groups is 1. The van der Waals surface area contributed by atoms with Crippen LogP contribution in [0.1, 0.15) is 10.5 Å². The first-order valence-corrected chi connectivity index (χ1v) is 7.94. The zero-order valence-electron chi connectivity index (χ0n) is 12.1. The number of benzene rings is 1. The molecule has 1 N–H and O–H groups in total. The van der Waals surface area contributed by atoms with Gasteiger partial charge in [-0.3, -0.25) is 15.1 Å². The number of amides is 1. The Balaban J connectivity index is 1.75. The zero-order valence-corrected chi connectivity index (χ0v) is 13.7. The Bertz CT molecular complexity index is 833. The molecular formula is C16H12ClN3O2S. The van der Waals surface area contributed by atoms with Crippen LogP contribution in [0.25, 0.3) is 11.3 Å². The number of hydrogen-bond donors (Lipinski definition) is 1. The van der Waals surface area contributed by atoms with Crippen LogP contribution in [0.15, 0.2) is 48.0 Å². The van der Waals surface area contributed by atoms with Gasteiger partial charge in [-0.1, -0.05) is 11.6 Å². The Morgan fingerprint density at radius 2 is 2.04 bits per heavy atom. The molecule has 2 heterocycles. The van der Waals surface area contributed by atoms with E-state index < -0.39 is 0 Å². The van der Waals surface area contributed by atoms with Crippen molar-refractivity contribution in [2.75, 3.05) is 12.4 Å². The SMILES string of the molecule is COc1ccc(-c2csc(NC(=O)c3cc(Cl)ccn3)n2)cc1. The third kappa shape index (κ3) is 3.67. The summed E-state index contributed by atoms with van der Waals surface area (Å²) in [4.78, 5) is 20.5. The highest BCUT2D eigenvalue weighted by Gasteiger charge is 2.11. The Morgan fingerprint density at radius 3 is 2.74 bits per heavy atom. The second-order valence-corrected chi connectivity index (χ2v) is 5.87. The van der Waals surface area contributed by atoms with Crippen LogP contribution < -0.4 is 10.1 Å². The minimum Gasteiger partial charge on any atom is -0.497 e. The first kappa shape index (κ1) is 15.5. The van der Waals surface area contributed by atoms with E-state index in [1.54, 1.807) is 13.2 Å². The lowest BCUT2D eigenvalue weighted by Gasteiger charge is -2.02. The van der Waals surface area contributed by atoms with Gasteiger partial charge in [0.2, 0.25) is 0 Å². The molecule has 0 unspecified atom stereocenters. The average Bonchev–Trinajstić information content (AvgIpc) is 3.03. The summed E-state index contributed by atoms with van der Waals surface area (Å²) in [6.07, 6.45) is 1.49. The van der Waals surface area contributed by atoms with Gasteiger partial charge in [-0.05, 0) is 36.4 Å². The molecule has 2 aromatic heterocycles. The normalized spacial score (nSPS) is 10.3. The number of pyridine rings is 1. The standard InChI is InChI=1S/C16H12ClN3O2S/c1-22-12-4-2-10(3-5-12)14-9-23-16(19-14)20-15(21)13-8-11(17)6-7-18-13/h2-9H,1H3,(H,19,20,21). The summed E-state index contributed by atoms with van der Waals surface area (Å²) in [7, 11) is 1.62. The van der Waals surface area contributed by atoms with Crippen molar-refractivity contribution < 1.29 is 9.53 Å². The number of thiazole rings is 1. The smallest absolute Gasteiger partial charge is 0.276 e. The number of aromatic nitrogens is 2. The number of carbonyl (C=O) groups excluding carboxylic acids is 1. The van der Waals surface area contributed by atoms with Crippen molar-refractivity contribution in [1.29, 1.82) is 0 Å². The number of anilines is 1. The van der Waals surface area contributed by atoms with E-state index in [4.69, 9.17) is 16.3 Å². The fraction of sp³-hybridized carbons (Fsp3) is 0.0625. The molecule has 0 fully saturated rings. The fourth-order valence-corrected chi connectivity index (χ4v) is 2.79. The van der Waals surface area contributed by atoms with E-state index in [1.165, 1.54) is 23.6 Å². The highest BCUT2D eigenvalue weighted by atomic mass is 35.5. The Morgan fingerprint density at radius 1 is 1.26 bits per heavy atom. The van der Waals surface area contributed by atoms with Gasteiger partial charge in [0.05, 0.1) is 12.8 Å². The summed E-state index contributed by atoms with van der Waals surface area (Å²) in [6, 6.07) is 10.7. The third-order valence-electron chi connectivity index (χ3n) is 3.07. The Hall–Kier alpha value is -2.44. The molecule has 3 rings (SSSR count). The first-order valence-electron chi connectivity index (χ1n) is 6.68. The van der Waals surface area contributed by atoms with Crippen LogP contribution in [-0.4, -0.2) is 23.0 Å². The monoisotopic (exact) mass is 345 g/mol. The van der Waals surface area contributed by atoms with Gasteiger partial charge in [0.15, 0.2) is 5.13 Å². The van der Waals surface area contributed by atoms with Gasteiger partial charge in [-0.15, -0.1) is 11.3 Å². The van der Waals surface area contributed by atoms with Crippen molar-refractivity contribution in [3.8, 4) is 17.0 Å². The van der Waals surface area contributed by atoms with Crippen molar-refractivity contribution in [3.63, 3.8) is 0 Å². The van der Waals surface area contributed by atoms with Gasteiger partial charge < -0.3 is 4.74 Å². The molecule has 5 nitrogen and oxygen atoms in total. The van der Waals surface area contributed by atoms with Gasteiger partial charge in [0, 0.05) is 22.2 Å². The molecular weight excluding hydrogens is 334 g/mol. The summed E-state index contributed by atoms with van der Waals surface area (Å²) >= 11 is 7.20. The summed E-state index contributed by atoms with van der Waals surface area (Å²) in [5, 5.41) is 5.56. The van der Waals surface area contributed by atoms with Crippen molar-refractivity contribution >= 4 is 34.0 Å². The lowest BCUT2D eigenvalue weighted by Crippen LogP contribution is -2.13. The minimum absolute atomic E-state index is 0.249. The van der Waals surface area contributed by atoms with Crippen LogP contribution in [-0.2, 0) is 0 Å². The number of nitrogens with zero attached hydrogens (tertiary/aromatic N) is 2. The Kier molecular flexibility index (Phi) is 4.55. The van der Waals surface area contributed by atoms with E-state index in [1.807, 2.05) is 29.6 Å². The fourth-order valence-electron chi connectivity index (χ4n) is 1.92. The number of methoxy groups -OCH3 is 1. The van der Waals surface area contributed by atoms with E-state index in [9.17, 15) is 4.79 Å². The predicted octanol–water partition coefficient (Wildman–Crippen LogP) is 4.12. The van der Waals surface area contributed by atoms with Crippen LogP contribution in [0.3, 0.4) is 0 Å². The van der Waals surface area contributed by atoms with E-state index in [2.05, 4.69) is 15.3 Å². The van der Waals surface area contributed by atoms with Crippen LogP contribution >= 0.6 is 22.9 Å². The molecule has 23 heavy (non-hydrogen) atoms. The maximum Gasteiger partial charge on any atom is 0.276 e. The van der Waals surface area contributed by atoms with Crippen LogP contribution in [0, 0.1) is 0 Å². The highest BCUT2D eigenvalue weighted by molar-refractivity contribution is 7.14. The second kappa shape index (κ2) is 6.76. The molecule has 0 spiro atoms. The molecule has 3 aromatic rings. The molecule has 0 saturated carbocycles. The van der Waals surface area contributed by atoms with E-state index in [-0.39, 0.29) is 11.6 Å². The van der Waals surface area contributed by atoms with E-state index in [0.29, 0.717) is 10.2 Å². The van der Waals surface area contributed by atoms with Crippen molar-refractivity contribution in [2.45, 2.75) is 0 Å². The minimum atomic E-state index is -0.344. The predicted molar refractivity (Wildman–Crippen MR) is 91.3 cm³/mol. The second-order valence-electron chi connectivity index (χ2n) is 4.58. The van der Waals surface area contributed by atoms with Gasteiger partial charge >= 0.3 is 0 Å². The van der Waals surface area contributed by atoms with E-state index in [0.717, 1.165) is 17.0 Å². The zero-order chi connectivity index (χ0) is 16.2. The number of hydrogen-bond acceptors (Lipinski definition) is 5. The molecule has 0 aliphatic carbocycles.